The van der Waals surface area contributed by atoms with Crippen LogP contribution >= 0.6 is 0 Å². The fourth-order valence-electron chi connectivity index (χ4n) is 1.99. The largest absolute Gasteiger partial charge is 0.298 e. The Kier molecular flexibility index (Phi) is 4.50. The Hall–Kier alpha value is -1.15. The van der Waals surface area contributed by atoms with Gasteiger partial charge in [0.05, 0.1) is 6.54 Å². The highest BCUT2D eigenvalue weighted by atomic mass is 16.1. The molecular weight excluding hydrogens is 186 g/mol. The van der Waals surface area contributed by atoms with Crippen LogP contribution in [0.2, 0.25) is 0 Å². The maximum Gasteiger partial charge on any atom is 0.147 e. The fraction of sp³-hybridized carbons (Fsp3) is 0.462. The molecule has 0 aliphatic carbocycles. The van der Waals surface area contributed by atoms with Gasteiger partial charge >= 0.3 is 0 Å². The van der Waals surface area contributed by atoms with E-state index in [1.807, 2.05) is 12.2 Å². The van der Waals surface area contributed by atoms with Gasteiger partial charge in [0.1, 0.15) is 5.78 Å². The Morgan fingerprint density at radius 3 is 2.87 bits per heavy atom. The Bertz CT molecular complexity index is 291. The summed E-state index contributed by atoms with van der Waals surface area (Å²) in [6.07, 6.45) is 6.25. The molecule has 15 heavy (non-hydrogen) atoms. The van der Waals surface area contributed by atoms with E-state index in [1.165, 1.54) is 0 Å². The summed E-state index contributed by atoms with van der Waals surface area (Å²) < 4.78 is 0. The Balaban J connectivity index is 2.56. The first-order chi connectivity index (χ1) is 7.15. The van der Waals surface area contributed by atoms with Gasteiger partial charge in [-0.05, 0) is 11.5 Å². The minimum Gasteiger partial charge on any atom is -0.298 e. The summed E-state index contributed by atoms with van der Waals surface area (Å²) in [5.41, 5.74) is 1.12. The number of allylic oxidation sites excluding steroid dienone is 2. The van der Waals surface area contributed by atoms with Crippen LogP contribution < -0.4 is 0 Å². The van der Waals surface area contributed by atoms with Crippen LogP contribution in [0.4, 0.5) is 0 Å². The minimum atomic E-state index is 0.343. The average molecular weight is 205 g/mol. The van der Waals surface area contributed by atoms with Gasteiger partial charge in [0.2, 0.25) is 0 Å². The van der Waals surface area contributed by atoms with Crippen molar-refractivity contribution < 1.29 is 4.79 Å². The molecule has 0 aromatic carbocycles. The number of rotatable bonds is 4. The highest BCUT2D eigenvalue weighted by molar-refractivity contribution is 5.81. The van der Waals surface area contributed by atoms with Crippen LogP contribution in [-0.2, 0) is 4.79 Å². The van der Waals surface area contributed by atoms with Crippen molar-refractivity contribution in [2.75, 3.05) is 19.6 Å². The Morgan fingerprint density at radius 2 is 2.33 bits per heavy atom. The molecule has 0 aromatic rings. The van der Waals surface area contributed by atoms with Gasteiger partial charge in [-0.2, -0.15) is 0 Å². The molecule has 2 nitrogen and oxygen atoms in total. The monoisotopic (exact) mass is 205 g/mol. The molecule has 1 aliphatic rings. The van der Waals surface area contributed by atoms with Crippen LogP contribution in [0.25, 0.3) is 0 Å². The molecule has 1 atom stereocenters. The van der Waals surface area contributed by atoms with Crippen LogP contribution in [0, 0.1) is 5.92 Å². The first-order valence-corrected chi connectivity index (χ1v) is 5.33. The van der Waals surface area contributed by atoms with E-state index in [0.717, 1.165) is 25.1 Å². The molecule has 0 saturated carbocycles. The van der Waals surface area contributed by atoms with Crippen molar-refractivity contribution in [2.45, 2.75) is 13.3 Å². The average Bonchev–Trinajstić information content (AvgIpc) is 2.15. The lowest BCUT2D eigenvalue weighted by Gasteiger charge is -2.30. The normalized spacial score (nSPS) is 23.9. The molecule has 1 rings (SSSR count). The molecule has 0 N–H and O–H groups in total. The van der Waals surface area contributed by atoms with Crippen molar-refractivity contribution in [1.29, 1.82) is 0 Å². The molecule has 0 amide bonds. The SMILES string of the molecule is C=C/C=C(\C=C)CN1CC(=O)CC(C)C1. The van der Waals surface area contributed by atoms with Crippen molar-refractivity contribution >= 4 is 5.78 Å². The first kappa shape index (κ1) is 11.9. The van der Waals surface area contributed by atoms with Crippen molar-refractivity contribution in [1.82, 2.24) is 4.90 Å². The molecule has 1 saturated heterocycles. The van der Waals surface area contributed by atoms with Crippen LogP contribution in [-0.4, -0.2) is 30.3 Å². The molecule has 2 heteroatoms. The van der Waals surface area contributed by atoms with E-state index in [-0.39, 0.29) is 0 Å². The minimum absolute atomic E-state index is 0.343. The molecule has 1 aliphatic heterocycles. The lowest BCUT2D eigenvalue weighted by atomic mass is 9.99. The number of likely N-dealkylation sites (tertiary alicyclic amines) is 1. The van der Waals surface area contributed by atoms with E-state index in [9.17, 15) is 4.79 Å². The zero-order chi connectivity index (χ0) is 11.3. The Labute approximate surface area is 92.0 Å². The predicted octanol–water partition coefficient (Wildman–Crippen LogP) is 2.20. The second-order valence-corrected chi connectivity index (χ2v) is 4.20. The molecule has 1 unspecified atom stereocenters. The van der Waals surface area contributed by atoms with Crippen LogP contribution in [0.5, 0.6) is 0 Å². The lowest BCUT2D eigenvalue weighted by Crippen LogP contribution is -2.40. The van der Waals surface area contributed by atoms with Crippen molar-refractivity contribution in [3.8, 4) is 0 Å². The number of piperidine rings is 1. The van der Waals surface area contributed by atoms with E-state index >= 15 is 0 Å². The first-order valence-electron chi connectivity index (χ1n) is 5.33. The van der Waals surface area contributed by atoms with Gasteiger partial charge in [0, 0.05) is 19.5 Å². The summed E-state index contributed by atoms with van der Waals surface area (Å²) in [5, 5.41) is 0. The summed E-state index contributed by atoms with van der Waals surface area (Å²) in [4.78, 5) is 13.6. The van der Waals surface area contributed by atoms with Gasteiger partial charge in [-0.15, -0.1) is 0 Å². The lowest BCUT2D eigenvalue weighted by molar-refractivity contribution is -0.123. The zero-order valence-corrected chi connectivity index (χ0v) is 9.41. The smallest absolute Gasteiger partial charge is 0.147 e. The molecular formula is C13H19NO. The van der Waals surface area contributed by atoms with E-state index in [0.29, 0.717) is 18.2 Å². The molecule has 0 spiro atoms. The molecule has 0 aromatic heterocycles. The van der Waals surface area contributed by atoms with Crippen LogP contribution in [0.1, 0.15) is 13.3 Å². The molecule has 1 heterocycles. The van der Waals surface area contributed by atoms with Gasteiger partial charge in [-0.3, -0.25) is 9.69 Å². The number of Topliss-reactive ketones (excluding diaryl/α,β-unsaturated/α-hetero) is 1. The van der Waals surface area contributed by atoms with Gasteiger partial charge in [0.15, 0.2) is 0 Å². The third kappa shape index (κ3) is 3.84. The topological polar surface area (TPSA) is 20.3 Å². The third-order valence-corrected chi connectivity index (χ3v) is 2.55. The van der Waals surface area contributed by atoms with Crippen LogP contribution in [0.15, 0.2) is 37.0 Å². The number of hydrogen-bond acceptors (Lipinski definition) is 2. The van der Waals surface area contributed by atoms with E-state index in [1.54, 1.807) is 6.08 Å². The van der Waals surface area contributed by atoms with Crippen molar-refractivity contribution in [2.24, 2.45) is 5.92 Å². The number of carbonyl (C=O) groups is 1. The number of hydrogen-bond donors (Lipinski definition) is 0. The molecule has 0 bridgehead atoms. The van der Waals surface area contributed by atoms with Gasteiger partial charge in [-0.25, -0.2) is 0 Å². The Morgan fingerprint density at radius 1 is 1.60 bits per heavy atom. The second kappa shape index (κ2) is 5.66. The summed E-state index contributed by atoms with van der Waals surface area (Å²) in [5.74, 6) is 0.816. The van der Waals surface area contributed by atoms with Crippen LogP contribution in [0.3, 0.4) is 0 Å². The second-order valence-electron chi connectivity index (χ2n) is 4.20. The van der Waals surface area contributed by atoms with Gasteiger partial charge in [0.25, 0.3) is 0 Å². The number of nitrogens with zero attached hydrogens (tertiary/aromatic N) is 1. The zero-order valence-electron chi connectivity index (χ0n) is 9.41. The summed E-state index contributed by atoms with van der Waals surface area (Å²) in [6.45, 7) is 11.9. The van der Waals surface area contributed by atoms with Crippen molar-refractivity contribution in [3.05, 3.63) is 37.0 Å². The predicted molar refractivity (Wildman–Crippen MR) is 63.7 cm³/mol. The van der Waals surface area contributed by atoms with Crippen molar-refractivity contribution in [3.63, 3.8) is 0 Å². The maximum absolute atomic E-state index is 11.4. The number of carbonyl (C=O) groups excluding carboxylic acids is 1. The maximum atomic E-state index is 11.4. The standard InChI is InChI=1S/C13H19NO/c1-4-6-12(5-2)9-14-8-11(3)7-13(15)10-14/h4-6,11H,1-2,7-10H2,3H3/b12-6+. The molecule has 82 valence electrons. The highest BCUT2D eigenvalue weighted by Crippen LogP contribution is 2.14. The van der Waals surface area contributed by atoms with E-state index in [2.05, 4.69) is 25.0 Å². The molecule has 1 fully saturated rings. The summed E-state index contributed by atoms with van der Waals surface area (Å²) >= 11 is 0. The highest BCUT2D eigenvalue weighted by Gasteiger charge is 2.22. The third-order valence-electron chi connectivity index (χ3n) is 2.55. The number of ketones is 1. The molecule has 0 radical (unpaired) electrons. The fourth-order valence-corrected chi connectivity index (χ4v) is 1.99. The van der Waals surface area contributed by atoms with E-state index in [4.69, 9.17) is 0 Å². The van der Waals surface area contributed by atoms with E-state index < -0.39 is 0 Å². The quantitative estimate of drug-likeness (QED) is 0.656. The van der Waals surface area contributed by atoms with Gasteiger partial charge < -0.3 is 0 Å². The summed E-state index contributed by atoms with van der Waals surface area (Å²) in [6, 6.07) is 0. The van der Waals surface area contributed by atoms with Gasteiger partial charge in [-0.1, -0.05) is 38.3 Å². The summed E-state index contributed by atoms with van der Waals surface area (Å²) in [7, 11) is 0.